The molecule has 5 aromatic rings. The molecule has 0 spiro atoms. The number of hydrogen-bond donors (Lipinski definition) is 2. The molecule has 2 aromatic carbocycles. The molecule has 1 fully saturated rings. The standard InChI is InChI=1S/C27H29N9O3/c1-32(2)15-18-4-3-5-22-21(18)14-29-36(22)26-24-25(35(17-28-24)16-23(38)39)30-27(31-26)34-12-10-33(11-13-34)19-6-8-20(37)9-7-19/h3-9,14,17,37H,10-13,15-16H2,1-2H3,(H,38,39). The predicted molar refractivity (Wildman–Crippen MR) is 148 cm³/mol. The van der Waals surface area contributed by atoms with Gasteiger partial charge >= 0.3 is 5.97 Å². The minimum Gasteiger partial charge on any atom is -0.508 e. The highest BCUT2D eigenvalue weighted by atomic mass is 16.4. The van der Waals surface area contributed by atoms with E-state index in [0.717, 1.165) is 41.8 Å². The van der Waals surface area contributed by atoms with Crippen LogP contribution in [0.5, 0.6) is 5.75 Å². The van der Waals surface area contributed by atoms with Crippen LogP contribution in [0.15, 0.2) is 55.0 Å². The van der Waals surface area contributed by atoms with Crippen LogP contribution in [0.4, 0.5) is 11.6 Å². The summed E-state index contributed by atoms with van der Waals surface area (Å²) in [4.78, 5) is 32.2. The van der Waals surface area contributed by atoms with Crippen LogP contribution in [0.1, 0.15) is 5.56 Å². The number of phenols is 1. The zero-order chi connectivity index (χ0) is 27.1. The van der Waals surface area contributed by atoms with Crippen LogP contribution in [-0.2, 0) is 17.9 Å². The normalized spacial score (nSPS) is 14.1. The second-order valence-electron chi connectivity index (χ2n) is 9.92. The first-order chi connectivity index (χ1) is 18.9. The fourth-order valence-electron chi connectivity index (χ4n) is 5.06. The van der Waals surface area contributed by atoms with Gasteiger partial charge < -0.3 is 29.5 Å². The molecule has 4 heterocycles. The third-order valence-corrected chi connectivity index (χ3v) is 6.91. The van der Waals surface area contributed by atoms with Gasteiger partial charge in [0.25, 0.3) is 0 Å². The van der Waals surface area contributed by atoms with Gasteiger partial charge in [0.1, 0.15) is 12.3 Å². The Morgan fingerprint density at radius 2 is 1.74 bits per heavy atom. The van der Waals surface area contributed by atoms with Crippen molar-refractivity contribution in [3.8, 4) is 11.6 Å². The summed E-state index contributed by atoms with van der Waals surface area (Å²) in [5, 5.41) is 24.8. The highest BCUT2D eigenvalue weighted by molar-refractivity contribution is 5.88. The molecule has 0 radical (unpaired) electrons. The minimum absolute atomic E-state index is 0.240. The number of carboxylic acids is 1. The van der Waals surface area contributed by atoms with E-state index in [1.54, 1.807) is 16.8 Å². The van der Waals surface area contributed by atoms with Crippen LogP contribution in [-0.4, -0.2) is 90.7 Å². The van der Waals surface area contributed by atoms with Crippen molar-refractivity contribution in [3.05, 3.63) is 60.6 Å². The number of piperazine rings is 1. The first kappa shape index (κ1) is 24.6. The molecule has 0 unspecified atom stereocenters. The van der Waals surface area contributed by atoms with Crippen molar-refractivity contribution in [2.45, 2.75) is 13.1 Å². The quantitative estimate of drug-likeness (QED) is 0.325. The number of hydrogen-bond acceptors (Lipinski definition) is 9. The number of carboxylic acid groups (broad SMARTS) is 1. The van der Waals surface area contributed by atoms with E-state index in [-0.39, 0.29) is 12.3 Å². The average molecular weight is 528 g/mol. The fourth-order valence-corrected chi connectivity index (χ4v) is 5.06. The van der Waals surface area contributed by atoms with E-state index in [4.69, 9.17) is 15.1 Å². The first-order valence-corrected chi connectivity index (χ1v) is 12.7. The Bertz CT molecular complexity index is 1650. The maximum Gasteiger partial charge on any atom is 0.323 e. The molecule has 12 nitrogen and oxygen atoms in total. The number of aromatic hydroxyl groups is 1. The number of aliphatic carboxylic acids is 1. The van der Waals surface area contributed by atoms with Crippen LogP contribution in [0, 0.1) is 0 Å². The molecule has 0 bridgehead atoms. The average Bonchev–Trinajstić information content (AvgIpc) is 3.53. The Hall–Kier alpha value is -4.71. The highest BCUT2D eigenvalue weighted by Crippen LogP contribution is 2.28. The number of carbonyl (C=O) groups is 1. The van der Waals surface area contributed by atoms with Gasteiger partial charge in [0.2, 0.25) is 5.95 Å². The lowest BCUT2D eigenvalue weighted by Crippen LogP contribution is -2.47. The van der Waals surface area contributed by atoms with Gasteiger partial charge in [-0.1, -0.05) is 12.1 Å². The van der Waals surface area contributed by atoms with Crippen LogP contribution in [0.3, 0.4) is 0 Å². The Morgan fingerprint density at radius 1 is 1.00 bits per heavy atom. The Balaban J connectivity index is 1.40. The summed E-state index contributed by atoms with van der Waals surface area (Å²) in [6, 6.07) is 13.3. The van der Waals surface area contributed by atoms with Crippen LogP contribution in [0.25, 0.3) is 27.9 Å². The summed E-state index contributed by atoms with van der Waals surface area (Å²) in [5.74, 6) is 0.279. The molecule has 3 aromatic heterocycles. The number of nitrogens with zero attached hydrogens (tertiary/aromatic N) is 9. The van der Waals surface area contributed by atoms with Gasteiger partial charge in [-0.15, -0.1) is 0 Å². The van der Waals surface area contributed by atoms with Gasteiger partial charge in [0.15, 0.2) is 17.0 Å². The topological polar surface area (TPSA) is 129 Å². The zero-order valence-corrected chi connectivity index (χ0v) is 21.8. The van der Waals surface area contributed by atoms with Crippen molar-refractivity contribution in [2.24, 2.45) is 0 Å². The lowest BCUT2D eigenvalue weighted by Gasteiger charge is -2.36. The molecule has 12 heteroatoms. The summed E-state index contributed by atoms with van der Waals surface area (Å²) in [6.07, 6.45) is 3.33. The molecule has 0 aliphatic carbocycles. The Labute approximate surface area is 224 Å². The number of fused-ring (bicyclic) bond motifs is 2. The molecule has 6 rings (SSSR count). The largest absolute Gasteiger partial charge is 0.508 e. The zero-order valence-electron chi connectivity index (χ0n) is 21.8. The fraction of sp³-hybridized carbons (Fsp3) is 0.296. The van der Waals surface area contributed by atoms with E-state index in [0.29, 0.717) is 36.0 Å². The lowest BCUT2D eigenvalue weighted by molar-refractivity contribution is -0.137. The van der Waals surface area contributed by atoms with E-state index in [9.17, 15) is 15.0 Å². The number of imidazole rings is 1. The van der Waals surface area contributed by atoms with Crippen molar-refractivity contribution in [2.75, 3.05) is 50.1 Å². The highest BCUT2D eigenvalue weighted by Gasteiger charge is 2.24. The molecule has 39 heavy (non-hydrogen) atoms. The number of phenolic OH excluding ortho intramolecular Hbond substituents is 1. The van der Waals surface area contributed by atoms with Gasteiger partial charge in [0, 0.05) is 43.8 Å². The van der Waals surface area contributed by atoms with Crippen molar-refractivity contribution < 1.29 is 15.0 Å². The predicted octanol–water partition coefficient (Wildman–Crippen LogP) is 2.34. The summed E-state index contributed by atoms with van der Waals surface area (Å²) in [5.41, 5.74) is 4.03. The lowest BCUT2D eigenvalue weighted by atomic mass is 10.1. The van der Waals surface area contributed by atoms with Gasteiger partial charge in [-0.3, -0.25) is 4.79 Å². The van der Waals surface area contributed by atoms with E-state index >= 15 is 0 Å². The van der Waals surface area contributed by atoms with Gasteiger partial charge in [-0.2, -0.15) is 15.1 Å². The number of benzene rings is 2. The number of anilines is 2. The van der Waals surface area contributed by atoms with Crippen LogP contribution < -0.4 is 9.80 Å². The van der Waals surface area contributed by atoms with E-state index in [1.807, 2.05) is 44.6 Å². The third-order valence-electron chi connectivity index (χ3n) is 6.91. The number of aromatic nitrogens is 6. The van der Waals surface area contributed by atoms with E-state index in [1.165, 1.54) is 10.9 Å². The molecule has 200 valence electrons. The first-order valence-electron chi connectivity index (χ1n) is 12.7. The second-order valence-corrected chi connectivity index (χ2v) is 9.92. The molecular weight excluding hydrogens is 498 g/mol. The van der Waals surface area contributed by atoms with Crippen LogP contribution in [0.2, 0.25) is 0 Å². The summed E-state index contributed by atoms with van der Waals surface area (Å²) >= 11 is 0. The molecule has 1 aliphatic heterocycles. The molecule has 0 saturated carbocycles. The third kappa shape index (κ3) is 4.70. The van der Waals surface area contributed by atoms with E-state index in [2.05, 4.69) is 25.8 Å². The molecule has 2 N–H and O–H groups in total. The molecule has 1 saturated heterocycles. The summed E-state index contributed by atoms with van der Waals surface area (Å²) in [7, 11) is 4.06. The van der Waals surface area contributed by atoms with E-state index < -0.39 is 5.97 Å². The molecular formula is C27H29N9O3. The van der Waals surface area contributed by atoms with Crippen LogP contribution >= 0.6 is 0 Å². The maximum atomic E-state index is 11.6. The Morgan fingerprint density at radius 3 is 2.46 bits per heavy atom. The van der Waals surface area contributed by atoms with Crippen molar-refractivity contribution >= 4 is 39.7 Å². The monoisotopic (exact) mass is 527 g/mol. The van der Waals surface area contributed by atoms with Crippen molar-refractivity contribution in [1.82, 2.24) is 34.2 Å². The van der Waals surface area contributed by atoms with Gasteiger partial charge in [0.05, 0.1) is 18.0 Å². The minimum atomic E-state index is -0.976. The van der Waals surface area contributed by atoms with Crippen molar-refractivity contribution in [3.63, 3.8) is 0 Å². The molecule has 0 atom stereocenters. The Kier molecular flexibility index (Phi) is 6.23. The van der Waals surface area contributed by atoms with Gasteiger partial charge in [-0.25, -0.2) is 9.67 Å². The van der Waals surface area contributed by atoms with Crippen molar-refractivity contribution in [1.29, 1.82) is 0 Å². The summed E-state index contributed by atoms with van der Waals surface area (Å²) < 4.78 is 3.30. The second kappa shape index (κ2) is 9.87. The molecule has 0 amide bonds. The SMILES string of the molecule is CN(C)Cc1cccc2c1cnn2-c1nc(N2CCN(c3ccc(O)cc3)CC2)nc2c1ncn2CC(=O)O. The molecule has 1 aliphatic rings. The number of rotatable bonds is 7. The maximum absolute atomic E-state index is 11.6. The smallest absolute Gasteiger partial charge is 0.323 e. The van der Waals surface area contributed by atoms with Gasteiger partial charge in [-0.05, 0) is 50.0 Å². The summed E-state index contributed by atoms with van der Waals surface area (Å²) in [6.45, 7) is 3.35.